The Balaban J connectivity index is 2.21. The summed E-state index contributed by atoms with van der Waals surface area (Å²) in [6.45, 7) is 6.99. The summed E-state index contributed by atoms with van der Waals surface area (Å²) < 4.78 is 2.00. The first kappa shape index (κ1) is 11.6. The van der Waals surface area contributed by atoms with Crippen LogP contribution in [0.2, 0.25) is 0 Å². The third-order valence-electron chi connectivity index (χ3n) is 3.86. The largest absolute Gasteiger partial charge is 0.388 e. The van der Waals surface area contributed by atoms with Crippen molar-refractivity contribution in [2.45, 2.75) is 65.0 Å². The molecule has 1 fully saturated rings. The minimum absolute atomic E-state index is 0.506. The Labute approximate surface area is 97.5 Å². The second-order valence-electron chi connectivity index (χ2n) is 5.09. The molecule has 1 aliphatic carbocycles. The standard InChI is InChI=1S/C13H22N2O/c1-4-12-10(2)14-15(11(12)3)9-13(16)7-5-6-8-13/h16H,4-9H2,1-3H3. The monoisotopic (exact) mass is 222 g/mol. The molecule has 0 unspecified atom stereocenters. The lowest BCUT2D eigenvalue weighted by molar-refractivity contribution is 0.0258. The van der Waals surface area contributed by atoms with Crippen LogP contribution in [0.3, 0.4) is 0 Å². The molecule has 0 spiro atoms. The maximum Gasteiger partial charge on any atom is 0.0842 e. The molecule has 3 nitrogen and oxygen atoms in total. The van der Waals surface area contributed by atoms with Gasteiger partial charge in [0, 0.05) is 5.69 Å². The van der Waals surface area contributed by atoms with E-state index in [1.807, 2.05) is 4.68 Å². The Kier molecular flexibility index (Phi) is 3.06. The van der Waals surface area contributed by atoms with Crippen molar-refractivity contribution < 1.29 is 5.11 Å². The van der Waals surface area contributed by atoms with E-state index in [9.17, 15) is 5.11 Å². The van der Waals surface area contributed by atoms with E-state index in [-0.39, 0.29) is 0 Å². The fraction of sp³-hybridized carbons (Fsp3) is 0.769. The SMILES string of the molecule is CCc1c(C)nn(CC2(O)CCCC2)c1C. The molecule has 90 valence electrons. The van der Waals surface area contributed by atoms with Gasteiger partial charge >= 0.3 is 0 Å². The molecule has 0 bridgehead atoms. The molecule has 1 aromatic heterocycles. The van der Waals surface area contributed by atoms with Gasteiger partial charge in [-0.2, -0.15) is 5.10 Å². The van der Waals surface area contributed by atoms with Gasteiger partial charge in [-0.3, -0.25) is 4.68 Å². The summed E-state index contributed by atoms with van der Waals surface area (Å²) in [7, 11) is 0. The summed E-state index contributed by atoms with van der Waals surface area (Å²) >= 11 is 0. The van der Waals surface area contributed by atoms with Gasteiger partial charge in [0.25, 0.3) is 0 Å². The van der Waals surface area contributed by atoms with Gasteiger partial charge in [0.1, 0.15) is 0 Å². The van der Waals surface area contributed by atoms with Crippen LogP contribution in [0.15, 0.2) is 0 Å². The Bertz CT molecular complexity index is 376. The van der Waals surface area contributed by atoms with Crippen LogP contribution in [-0.4, -0.2) is 20.5 Å². The third kappa shape index (κ3) is 2.01. The van der Waals surface area contributed by atoms with Gasteiger partial charge in [0.05, 0.1) is 17.8 Å². The molecule has 1 heterocycles. The molecular weight excluding hydrogens is 200 g/mol. The number of aromatic nitrogens is 2. The van der Waals surface area contributed by atoms with E-state index in [1.165, 1.54) is 11.3 Å². The van der Waals surface area contributed by atoms with Crippen molar-refractivity contribution >= 4 is 0 Å². The van der Waals surface area contributed by atoms with E-state index in [0.29, 0.717) is 6.54 Å². The molecule has 0 amide bonds. The van der Waals surface area contributed by atoms with E-state index in [1.54, 1.807) is 0 Å². The van der Waals surface area contributed by atoms with Crippen molar-refractivity contribution in [3.63, 3.8) is 0 Å². The van der Waals surface area contributed by atoms with Crippen molar-refractivity contribution in [2.24, 2.45) is 0 Å². The van der Waals surface area contributed by atoms with Crippen LogP contribution < -0.4 is 0 Å². The number of hydrogen-bond acceptors (Lipinski definition) is 2. The van der Waals surface area contributed by atoms with Crippen LogP contribution >= 0.6 is 0 Å². The minimum Gasteiger partial charge on any atom is -0.388 e. The van der Waals surface area contributed by atoms with Crippen molar-refractivity contribution in [3.8, 4) is 0 Å². The summed E-state index contributed by atoms with van der Waals surface area (Å²) in [6, 6.07) is 0. The highest BCUT2D eigenvalue weighted by Crippen LogP contribution is 2.31. The van der Waals surface area contributed by atoms with Crippen molar-refractivity contribution in [1.82, 2.24) is 9.78 Å². The van der Waals surface area contributed by atoms with Gasteiger partial charge in [0.2, 0.25) is 0 Å². The molecule has 0 aliphatic heterocycles. The zero-order chi connectivity index (χ0) is 11.8. The van der Waals surface area contributed by atoms with Crippen LogP contribution in [0.4, 0.5) is 0 Å². The zero-order valence-corrected chi connectivity index (χ0v) is 10.6. The van der Waals surface area contributed by atoms with Crippen LogP contribution in [0.5, 0.6) is 0 Å². The lowest BCUT2D eigenvalue weighted by Crippen LogP contribution is -2.31. The molecule has 1 N–H and O–H groups in total. The number of hydrogen-bond donors (Lipinski definition) is 1. The lowest BCUT2D eigenvalue weighted by Gasteiger charge is -2.22. The predicted molar refractivity (Wildman–Crippen MR) is 64.5 cm³/mol. The molecule has 1 aliphatic rings. The Morgan fingerprint density at radius 3 is 2.44 bits per heavy atom. The lowest BCUT2D eigenvalue weighted by atomic mass is 10.0. The van der Waals surface area contributed by atoms with Crippen LogP contribution in [0.25, 0.3) is 0 Å². The minimum atomic E-state index is -0.506. The predicted octanol–water partition coefficient (Wildman–Crippen LogP) is 2.37. The maximum atomic E-state index is 10.4. The molecule has 2 rings (SSSR count). The first-order chi connectivity index (χ1) is 7.56. The normalized spacial score (nSPS) is 19.2. The third-order valence-corrected chi connectivity index (χ3v) is 3.86. The number of rotatable bonds is 3. The van der Waals surface area contributed by atoms with Gasteiger partial charge in [0.15, 0.2) is 0 Å². The Morgan fingerprint density at radius 2 is 1.94 bits per heavy atom. The summed E-state index contributed by atoms with van der Waals surface area (Å²) in [6.07, 6.45) is 5.17. The van der Waals surface area contributed by atoms with Gasteiger partial charge in [-0.15, -0.1) is 0 Å². The molecule has 0 saturated heterocycles. The smallest absolute Gasteiger partial charge is 0.0842 e. The van der Waals surface area contributed by atoms with Crippen LogP contribution in [-0.2, 0) is 13.0 Å². The Morgan fingerprint density at radius 1 is 1.31 bits per heavy atom. The van der Waals surface area contributed by atoms with Crippen molar-refractivity contribution in [1.29, 1.82) is 0 Å². The highest BCUT2D eigenvalue weighted by molar-refractivity contribution is 5.24. The summed E-state index contributed by atoms with van der Waals surface area (Å²) in [5, 5.41) is 14.9. The van der Waals surface area contributed by atoms with Gasteiger partial charge in [-0.1, -0.05) is 19.8 Å². The molecule has 0 radical (unpaired) electrons. The van der Waals surface area contributed by atoms with Gasteiger partial charge in [-0.05, 0) is 38.7 Å². The highest BCUT2D eigenvalue weighted by Gasteiger charge is 2.32. The summed E-state index contributed by atoms with van der Waals surface area (Å²) in [4.78, 5) is 0. The van der Waals surface area contributed by atoms with E-state index in [0.717, 1.165) is 37.8 Å². The second kappa shape index (κ2) is 4.21. The van der Waals surface area contributed by atoms with Crippen molar-refractivity contribution in [3.05, 3.63) is 17.0 Å². The van der Waals surface area contributed by atoms with E-state index < -0.39 is 5.60 Å². The summed E-state index contributed by atoms with van der Waals surface area (Å²) in [5.74, 6) is 0. The van der Waals surface area contributed by atoms with Crippen LogP contribution in [0, 0.1) is 13.8 Å². The van der Waals surface area contributed by atoms with E-state index in [2.05, 4.69) is 25.9 Å². The van der Waals surface area contributed by atoms with Crippen LogP contribution in [0.1, 0.15) is 49.6 Å². The van der Waals surface area contributed by atoms with Gasteiger partial charge < -0.3 is 5.11 Å². The van der Waals surface area contributed by atoms with E-state index in [4.69, 9.17) is 0 Å². The first-order valence-corrected chi connectivity index (χ1v) is 6.31. The average Bonchev–Trinajstić information content (AvgIpc) is 2.74. The molecule has 1 saturated carbocycles. The molecule has 1 aromatic rings. The fourth-order valence-corrected chi connectivity index (χ4v) is 2.87. The maximum absolute atomic E-state index is 10.4. The first-order valence-electron chi connectivity index (χ1n) is 6.31. The number of nitrogens with zero attached hydrogens (tertiary/aromatic N) is 2. The Hall–Kier alpha value is -0.830. The molecule has 0 aromatic carbocycles. The van der Waals surface area contributed by atoms with E-state index >= 15 is 0 Å². The quantitative estimate of drug-likeness (QED) is 0.852. The fourth-order valence-electron chi connectivity index (χ4n) is 2.87. The van der Waals surface area contributed by atoms with Crippen molar-refractivity contribution in [2.75, 3.05) is 0 Å². The molecule has 16 heavy (non-hydrogen) atoms. The zero-order valence-electron chi connectivity index (χ0n) is 10.6. The topological polar surface area (TPSA) is 38.0 Å². The highest BCUT2D eigenvalue weighted by atomic mass is 16.3. The molecule has 0 atom stereocenters. The van der Waals surface area contributed by atoms with Gasteiger partial charge in [-0.25, -0.2) is 0 Å². The number of aryl methyl sites for hydroxylation is 1. The summed E-state index contributed by atoms with van der Waals surface area (Å²) in [5.41, 5.74) is 3.16. The average molecular weight is 222 g/mol. The molecule has 3 heteroatoms. The second-order valence-corrected chi connectivity index (χ2v) is 5.09. The number of aliphatic hydroxyl groups is 1. The molecular formula is C13H22N2O.